The van der Waals surface area contributed by atoms with Gasteiger partial charge in [0.05, 0.1) is 5.56 Å². The summed E-state index contributed by atoms with van der Waals surface area (Å²) in [5.74, 6) is -1.28. The van der Waals surface area contributed by atoms with Gasteiger partial charge < -0.3 is 15.4 Å². The van der Waals surface area contributed by atoms with Crippen LogP contribution in [0.1, 0.15) is 15.9 Å². The Balaban J connectivity index is 1.72. The van der Waals surface area contributed by atoms with Crippen LogP contribution in [0.3, 0.4) is 0 Å². The summed E-state index contributed by atoms with van der Waals surface area (Å²) in [5.41, 5.74) is -0.450. The SMILES string of the molecule is O=C(COc1ccccc1C(F)(F)F)NCCNC(=O)c1ccccc1. The van der Waals surface area contributed by atoms with Gasteiger partial charge >= 0.3 is 6.18 Å². The molecule has 138 valence electrons. The fraction of sp³-hybridized carbons (Fsp3) is 0.222. The van der Waals surface area contributed by atoms with Crippen molar-refractivity contribution in [3.05, 3.63) is 65.7 Å². The summed E-state index contributed by atoms with van der Waals surface area (Å²) in [7, 11) is 0. The Morgan fingerprint density at radius 2 is 1.50 bits per heavy atom. The molecule has 2 rings (SSSR count). The van der Waals surface area contributed by atoms with E-state index in [1.165, 1.54) is 12.1 Å². The first-order valence-electron chi connectivity index (χ1n) is 7.77. The first kappa shape index (κ1) is 19.3. The van der Waals surface area contributed by atoms with Crippen LogP contribution in [0.5, 0.6) is 5.75 Å². The summed E-state index contributed by atoms with van der Waals surface area (Å²) in [6.45, 7) is -0.250. The predicted octanol–water partition coefficient (Wildman–Crippen LogP) is 2.63. The van der Waals surface area contributed by atoms with Crippen LogP contribution < -0.4 is 15.4 Å². The minimum absolute atomic E-state index is 0.127. The highest BCUT2D eigenvalue weighted by Crippen LogP contribution is 2.35. The average Bonchev–Trinajstić information content (AvgIpc) is 2.63. The molecular formula is C18H17F3N2O3. The van der Waals surface area contributed by atoms with Gasteiger partial charge in [-0.15, -0.1) is 0 Å². The molecule has 2 N–H and O–H groups in total. The Morgan fingerprint density at radius 1 is 0.885 bits per heavy atom. The molecule has 0 saturated heterocycles. The topological polar surface area (TPSA) is 67.4 Å². The van der Waals surface area contributed by atoms with E-state index in [9.17, 15) is 22.8 Å². The molecule has 2 aromatic rings. The van der Waals surface area contributed by atoms with Gasteiger partial charge in [0, 0.05) is 18.7 Å². The van der Waals surface area contributed by atoms with Crippen LogP contribution in [-0.2, 0) is 11.0 Å². The Hall–Kier alpha value is -3.03. The summed E-state index contributed by atoms with van der Waals surface area (Å²) in [4.78, 5) is 23.4. The molecule has 0 aromatic heterocycles. The fourth-order valence-electron chi connectivity index (χ4n) is 2.09. The molecule has 5 nitrogen and oxygen atoms in total. The lowest BCUT2D eigenvalue weighted by molar-refractivity contribution is -0.139. The number of alkyl halides is 3. The van der Waals surface area contributed by atoms with Gasteiger partial charge in [-0.05, 0) is 24.3 Å². The monoisotopic (exact) mass is 366 g/mol. The molecule has 0 spiro atoms. The summed E-state index contributed by atoms with van der Waals surface area (Å²) in [5, 5.41) is 5.07. The predicted molar refractivity (Wildman–Crippen MR) is 88.7 cm³/mol. The number of amides is 2. The minimum Gasteiger partial charge on any atom is -0.483 e. The molecule has 0 atom stereocenters. The summed E-state index contributed by atoms with van der Waals surface area (Å²) in [6, 6.07) is 13.2. The number of benzene rings is 2. The van der Waals surface area contributed by atoms with Crippen LogP contribution >= 0.6 is 0 Å². The summed E-state index contributed by atoms with van der Waals surface area (Å²) < 4.78 is 43.4. The number of hydrogen-bond donors (Lipinski definition) is 2. The van der Waals surface area contributed by atoms with E-state index in [1.54, 1.807) is 30.3 Å². The van der Waals surface area contributed by atoms with Crippen LogP contribution in [0.15, 0.2) is 54.6 Å². The van der Waals surface area contributed by atoms with Crippen molar-refractivity contribution in [2.24, 2.45) is 0 Å². The molecule has 2 amide bonds. The van der Waals surface area contributed by atoms with E-state index in [4.69, 9.17) is 4.74 Å². The molecule has 2 aromatic carbocycles. The Morgan fingerprint density at radius 3 is 2.19 bits per heavy atom. The van der Waals surface area contributed by atoms with Gasteiger partial charge in [-0.25, -0.2) is 0 Å². The van der Waals surface area contributed by atoms with E-state index in [2.05, 4.69) is 10.6 Å². The molecule has 0 bridgehead atoms. The summed E-state index contributed by atoms with van der Waals surface area (Å²) >= 11 is 0. The van der Waals surface area contributed by atoms with E-state index < -0.39 is 30.0 Å². The van der Waals surface area contributed by atoms with E-state index >= 15 is 0 Å². The molecule has 8 heteroatoms. The maximum absolute atomic E-state index is 12.8. The lowest BCUT2D eigenvalue weighted by Gasteiger charge is -2.13. The smallest absolute Gasteiger partial charge is 0.419 e. The highest BCUT2D eigenvalue weighted by molar-refractivity contribution is 5.94. The van der Waals surface area contributed by atoms with Gasteiger partial charge in [-0.3, -0.25) is 9.59 Å². The Labute approximate surface area is 148 Å². The van der Waals surface area contributed by atoms with E-state index in [0.29, 0.717) is 5.56 Å². The largest absolute Gasteiger partial charge is 0.483 e. The summed E-state index contributed by atoms with van der Waals surface area (Å²) in [6.07, 6.45) is -4.56. The molecule has 0 aliphatic carbocycles. The van der Waals surface area contributed by atoms with Gasteiger partial charge in [0.1, 0.15) is 5.75 Å². The molecule has 0 radical (unpaired) electrons. The highest BCUT2D eigenvalue weighted by atomic mass is 19.4. The normalized spacial score (nSPS) is 10.9. The molecular weight excluding hydrogens is 349 g/mol. The minimum atomic E-state index is -4.56. The zero-order valence-electron chi connectivity index (χ0n) is 13.7. The number of carbonyl (C=O) groups excluding carboxylic acids is 2. The highest BCUT2D eigenvalue weighted by Gasteiger charge is 2.34. The number of ether oxygens (including phenoxy) is 1. The zero-order chi connectivity index (χ0) is 19.0. The van der Waals surface area contributed by atoms with Crippen molar-refractivity contribution >= 4 is 11.8 Å². The number of halogens is 3. The molecule has 0 aliphatic heterocycles. The Kier molecular flexibility index (Phi) is 6.60. The quantitative estimate of drug-likeness (QED) is 0.741. The third-order valence-corrected chi connectivity index (χ3v) is 3.32. The van der Waals surface area contributed by atoms with Crippen molar-refractivity contribution in [2.75, 3.05) is 19.7 Å². The first-order valence-corrected chi connectivity index (χ1v) is 7.77. The van der Waals surface area contributed by atoms with E-state index in [1.807, 2.05) is 0 Å². The number of hydrogen-bond acceptors (Lipinski definition) is 3. The van der Waals surface area contributed by atoms with Gasteiger partial charge in [-0.2, -0.15) is 13.2 Å². The second-order valence-corrected chi connectivity index (χ2v) is 5.25. The van der Waals surface area contributed by atoms with Crippen molar-refractivity contribution in [3.8, 4) is 5.75 Å². The van der Waals surface area contributed by atoms with Gasteiger partial charge in [0.25, 0.3) is 11.8 Å². The van der Waals surface area contributed by atoms with Gasteiger partial charge in [0.15, 0.2) is 6.61 Å². The lowest BCUT2D eigenvalue weighted by atomic mass is 10.2. The number of carbonyl (C=O) groups is 2. The first-order chi connectivity index (χ1) is 12.4. The zero-order valence-corrected chi connectivity index (χ0v) is 13.7. The van der Waals surface area contributed by atoms with Crippen molar-refractivity contribution in [1.29, 1.82) is 0 Å². The lowest BCUT2D eigenvalue weighted by Crippen LogP contribution is -2.36. The molecule has 0 aliphatic rings. The van der Waals surface area contributed by atoms with Crippen LogP contribution in [-0.4, -0.2) is 31.5 Å². The maximum atomic E-state index is 12.8. The second kappa shape index (κ2) is 8.89. The van der Waals surface area contributed by atoms with E-state index in [0.717, 1.165) is 12.1 Å². The number of para-hydroxylation sites is 1. The molecule has 26 heavy (non-hydrogen) atoms. The van der Waals surface area contributed by atoms with Crippen molar-refractivity contribution in [2.45, 2.75) is 6.18 Å². The number of nitrogens with one attached hydrogen (secondary N) is 2. The molecule has 0 saturated carbocycles. The third-order valence-electron chi connectivity index (χ3n) is 3.32. The standard InChI is InChI=1S/C18H17F3N2O3/c19-18(20,21)14-8-4-5-9-15(14)26-12-16(24)22-10-11-23-17(25)13-6-2-1-3-7-13/h1-9H,10-12H2,(H,22,24)(H,23,25). The van der Waals surface area contributed by atoms with Crippen molar-refractivity contribution in [1.82, 2.24) is 10.6 Å². The van der Waals surface area contributed by atoms with Crippen LogP contribution in [0.2, 0.25) is 0 Å². The van der Waals surface area contributed by atoms with Gasteiger partial charge in [0.2, 0.25) is 0 Å². The maximum Gasteiger partial charge on any atom is 0.419 e. The van der Waals surface area contributed by atoms with Crippen LogP contribution in [0.4, 0.5) is 13.2 Å². The van der Waals surface area contributed by atoms with Crippen molar-refractivity contribution < 1.29 is 27.5 Å². The Bertz CT molecular complexity index is 749. The van der Waals surface area contributed by atoms with Gasteiger partial charge in [-0.1, -0.05) is 30.3 Å². The molecule has 0 fully saturated rings. The molecule has 0 heterocycles. The fourth-order valence-corrected chi connectivity index (χ4v) is 2.09. The van der Waals surface area contributed by atoms with E-state index in [-0.39, 0.29) is 19.0 Å². The number of rotatable bonds is 7. The van der Waals surface area contributed by atoms with Crippen LogP contribution in [0, 0.1) is 0 Å². The second-order valence-electron chi connectivity index (χ2n) is 5.25. The van der Waals surface area contributed by atoms with Crippen LogP contribution in [0.25, 0.3) is 0 Å². The average molecular weight is 366 g/mol. The third kappa shape index (κ3) is 5.80. The molecule has 0 unspecified atom stereocenters. The van der Waals surface area contributed by atoms with Crippen molar-refractivity contribution in [3.63, 3.8) is 0 Å².